The summed E-state index contributed by atoms with van der Waals surface area (Å²) in [6, 6.07) is 0. The predicted octanol–water partition coefficient (Wildman–Crippen LogP) is 1.21. The molecule has 1 saturated heterocycles. The fraction of sp³-hybridized carbons (Fsp3) is 0.846. The minimum Gasteiger partial charge on any atom is -0.384 e. The molecule has 1 aliphatic heterocycles. The third kappa shape index (κ3) is 5.18. The van der Waals surface area contributed by atoms with Gasteiger partial charge in [0.2, 0.25) is 0 Å². The van der Waals surface area contributed by atoms with Gasteiger partial charge in [0.1, 0.15) is 18.3 Å². The molecule has 0 saturated carbocycles. The molecule has 13 heteroatoms. The summed E-state index contributed by atoms with van der Waals surface area (Å²) >= 11 is 10.6. The van der Waals surface area contributed by atoms with Gasteiger partial charge in [0.15, 0.2) is 5.78 Å². The van der Waals surface area contributed by atoms with E-state index in [1.807, 2.05) is 0 Å². The molecule has 0 aromatic heterocycles. The van der Waals surface area contributed by atoms with Crippen LogP contribution in [0.1, 0.15) is 20.3 Å². The van der Waals surface area contributed by atoms with Gasteiger partial charge >= 0.3 is 12.1 Å². The number of amides is 1. The van der Waals surface area contributed by atoms with Crippen LogP contribution in [0.25, 0.3) is 0 Å². The van der Waals surface area contributed by atoms with Crippen LogP contribution < -0.4 is 5.32 Å². The Bertz CT molecular complexity index is 511. The maximum Gasteiger partial charge on any atom is 0.471 e. The first-order valence-electron chi connectivity index (χ1n) is 7.42. The molecular weight excluding hydrogens is 410 g/mol. The number of Topliss-reactive ketones (excluding diaryl/α,β-unsaturated/α-hetero) is 1. The predicted molar refractivity (Wildman–Crippen MR) is 81.1 cm³/mol. The summed E-state index contributed by atoms with van der Waals surface area (Å²) in [4.78, 5) is 22.7. The lowest BCUT2D eigenvalue weighted by atomic mass is 9.90. The van der Waals surface area contributed by atoms with Gasteiger partial charge in [-0.05, 0) is 13.3 Å². The lowest BCUT2D eigenvalue weighted by Gasteiger charge is -2.46. The highest BCUT2D eigenvalue weighted by molar-refractivity contribution is 6.08. The van der Waals surface area contributed by atoms with Crippen molar-refractivity contribution in [2.45, 2.75) is 56.6 Å². The Morgan fingerprint density at radius 1 is 1.27 bits per heavy atom. The Balaban J connectivity index is 2.73. The molecule has 1 fully saturated rings. The van der Waals surface area contributed by atoms with Gasteiger partial charge in [-0.2, -0.15) is 13.2 Å². The van der Waals surface area contributed by atoms with E-state index >= 15 is 0 Å². The highest BCUT2D eigenvalue weighted by atomic mass is 35.5. The molecule has 0 aromatic rings. The van der Waals surface area contributed by atoms with E-state index in [1.54, 1.807) is 5.32 Å². The lowest BCUT2D eigenvalue weighted by molar-refractivity contribution is -0.332. The number of hydrogen-bond donors (Lipinski definition) is 2. The number of alkyl halides is 3. The number of rotatable bonds is 8. The maximum absolute atomic E-state index is 12.1. The number of ether oxygens (including phenoxy) is 2. The number of halogens is 5. The van der Waals surface area contributed by atoms with Crippen LogP contribution in [0.3, 0.4) is 0 Å². The summed E-state index contributed by atoms with van der Waals surface area (Å²) in [5.74, 6) is -5.01. The summed E-state index contributed by atoms with van der Waals surface area (Å²) < 4.78 is 56.2. The van der Waals surface area contributed by atoms with Gasteiger partial charge in [-0.1, -0.05) is 0 Å². The van der Waals surface area contributed by atoms with Gasteiger partial charge in [-0.25, -0.2) is 0 Å². The first kappa shape index (κ1) is 23.3. The Hall–Kier alpha value is -0.690. The van der Waals surface area contributed by atoms with Crippen LogP contribution in [0.4, 0.5) is 13.2 Å². The van der Waals surface area contributed by atoms with Crippen LogP contribution in [0, 0.1) is 0 Å². The van der Waals surface area contributed by atoms with Gasteiger partial charge in [0, 0.05) is 13.5 Å². The molecule has 1 amide bonds. The zero-order valence-corrected chi connectivity index (χ0v) is 15.2. The largest absolute Gasteiger partial charge is 0.471 e. The van der Waals surface area contributed by atoms with Crippen LogP contribution in [-0.2, 0) is 27.6 Å². The van der Waals surface area contributed by atoms with Gasteiger partial charge in [0.05, 0.1) is 36.4 Å². The lowest BCUT2D eigenvalue weighted by Crippen LogP contribution is -2.68. The monoisotopic (exact) mass is 427 g/mol. The van der Waals surface area contributed by atoms with Crippen molar-refractivity contribution in [3.05, 3.63) is 0 Å². The molecule has 0 unspecified atom stereocenters. The Morgan fingerprint density at radius 2 is 1.85 bits per heavy atom. The molecule has 0 radical (unpaired) electrons. The maximum atomic E-state index is 12.1. The van der Waals surface area contributed by atoms with Crippen molar-refractivity contribution in [3.8, 4) is 0 Å². The van der Waals surface area contributed by atoms with Crippen LogP contribution in [0.2, 0.25) is 0 Å². The summed E-state index contributed by atoms with van der Waals surface area (Å²) in [5, 5.41) is 12.0. The van der Waals surface area contributed by atoms with E-state index in [1.165, 1.54) is 6.92 Å². The highest BCUT2D eigenvalue weighted by Gasteiger charge is 2.58. The fourth-order valence-corrected chi connectivity index (χ4v) is 2.85. The normalized spacial score (nSPS) is 32.3. The molecule has 0 bridgehead atoms. The van der Waals surface area contributed by atoms with E-state index in [-0.39, 0.29) is 19.6 Å². The summed E-state index contributed by atoms with van der Waals surface area (Å²) in [6.45, 7) is 1.85. The second-order valence-corrected chi connectivity index (χ2v) is 5.91. The summed E-state index contributed by atoms with van der Waals surface area (Å²) in [5.41, 5.74) is 0. The van der Waals surface area contributed by atoms with Crippen molar-refractivity contribution in [3.63, 3.8) is 0 Å². The average molecular weight is 428 g/mol. The zero-order chi connectivity index (χ0) is 20.1. The third-order valence-electron chi connectivity index (χ3n) is 3.73. The van der Waals surface area contributed by atoms with E-state index in [2.05, 4.69) is 8.58 Å². The minimum atomic E-state index is -5.00. The van der Waals surface area contributed by atoms with E-state index in [0.717, 1.165) is 6.92 Å². The Morgan fingerprint density at radius 3 is 2.31 bits per heavy atom. The second kappa shape index (κ2) is 9.49. The molecule has 0 spiro atoms. The van der Waals surface area contributed by atoms with Crippen LogP contribution in [0.5, 0.6) is 0 Å². The first-order chi connectivity index (χ1) is 12.0. The molecule has 1 rings (SSSR count). The molecule has 5 atom stereocenters. The quantitative estimate of drug-likeness (QED) is 0.561. The molecule has 2 N–H and O–H groups in total. The minimum absolute atomic E-state index is 0.0941. The number of carbonyl (C=O) groups excluding carboxylic acids is 2. The molecule has 0 aliphatic carbocycles. The van der Waals surface area contributed by atoms with E-state index in [0.29, 0.717) is 0 Å². The van der Waals surface area contributed by atoms with E-state index < -0.39 is 48.1 Å². The SMILES string of the molecule is CC(=O)[C@@]1(OCCCNC(=O)C(F)(F)F)O[C@@H](C)[C@@H](OCl)[C@@H](OCl)[C@@H]1O. The standard InChI is InChI=1S/C13H18Cl2F3NO7/c1-6-8(25-14)9(26-15)10(21)12(24-6,7(2)20)23-5-3-4-19-11(22)13(16,17)18/h6,8-10,21H,3-5H2,1-2H3,(H,19,22)/t6-,8+,9+,10-,12+/m0/s1. The molecule has 152 valence electrons. The average Bonchev–Trinajstić information content (AvgIpc) is 2.55. The number of aliphatic hydroxyl groups excluding tert-OH is 1. The molecule has 8 nitrogen and oxygen atoms in total. The highest BCUT2D eigenvalue weighted by Crippen LogP contribution is 2.36. The zero-order valence-electron chi connectivity index (χ0n) is 13.7. The molecule has 26 heavy (non-hydrogen) atoms. The number of ketones is 1. The first-order valence-corrected chi connectivity index (χ1v) is 8.03. The van der Waals surface area contributed by atoms with Gasteiger partial charge in [0.25, 0.3) is 5.79 Å². The second-order valence-electron chi connectivity index (χ2n) is 5.55. The number of hydrogen-bond acceptors (Lipinski definition) is 7. The van der Waals surface area contributed by atoms with Crippen LogP contribution >= 0.6 is 23.7 Å². The van der Waals surface area contributed by atoms with Crippen molar-refractivity contribution in [1.82, 2.24) is 5.32 Å². The molecule has 1 heterocycles. The van der Waals surface area contributed by atoms with Crippen molar-refractivity contribution in [1.29, 1.82) is 0 Å². The van der Waals surface area contributed by atoms with Gasteiger partial charge < -0.3 is 19.9 Å². The topological polar surface area (TPSA) is 103 Å². The van der Waals surface area contributed by atoms with Crippen LogP contribution in [0.15, 0.2) is 0 Å². The summed E-state index contributed by atoms with van der Waals surface area (Å²) in [6.07, 6.45) is -10.0. The van der Waals surface area contributed by atoms with Gasteiger partial charge in [-0.15, -0.1) is 0 Å². The number of carbonyl (C=O) groups is 2. The third-order valence-corrected chi connectivity index (χ3v) is 4.14. The number of aliphatic hydroxyl groups is 1. The van der Waals surface area contributed by atoms with Crippen molar-refractivity contribution >= 4 is 35.4 Å². The smallest absolute Gasteiger partial charge is 0.384 e. The van der Waals surface area contributed by atoms with Crippen molar-refractivity contribution in [2.75, 3.05) is 13.2 Å². The van der Waals surface area contributed by atoms with Crippen molar-refractivity contribution in [2.24, 2.45) is 0 Å². The summed E-state index contributed by atoms with van der Waals surface area (Å²) in [7, 11) is 0. The van der Waals surface area contributed by atoms with E-state index in [9.17, 15) is 27.9 Å². The van der Waals surface area contributed by atoms with Crippen LogP contribution in [-0.4, -0.2) is 66.3 Å². The molecular formula is C13H18Cl2F3NO7. The fourth-order valence-electron chi connectivity index (χ4n) is 2.41. The number of nitrogens with one attached hydrogen (secondary N) is 1. The Kier molecular flexibility index (Phi) is 8.52. The molecule has 0 aromatic carbocycles. The molecule has 1 aliphatic rings. The van der Waals surface area contributed by atoms with Gasteiger partial charge in [-0.3, -0.25) is 18.2 Å². The Labute approximate surface area is 157 Å². The van der Waals surface area contributed by atoms with Crippen molar-refractivity contribution < 1.29 is 45.9 Å². The van der Waals surface area contributed by atoms with E-state index in [4.69, 9.17) is 33.2 Å².